The highest BCUT2D eigenvalue weighted by Crippen LogP contribution is 2.29. The molecule has 2 amide bonds. The van der Waals surface area contributed by atoms with Crippen molar-refractivity contribution in [2.45, 2.75) is 39.7 Å². The maximum atomic E-state index is 12.1. The number of nitrogens with zero attached hydrogens (tertiary/aromatic N) is 2. The van der Waals surface area contributed by atoms with E-state index >= 15 is 0 Å². The van der Waals surface area contributed by atoms with Gasteiger partial charge in [-0.1, -0.05) is 31.5 Å². The standard InChI is InChI=1S/C17H23ClN4O/c1-3-13-6-7-15(18)14(4-2)16(13)21-17(23)20-8-5-10-22-11-9-19-12-22/h6-7,9,11-12H,3-5,8,10H2,1-2H3,(H2,20,21,23). The summed E-state index contributed by atoms with van der Waals surface area (Å²) in [6, 6.07) is 3.67. The van der Waals surface area contributed by atoms with Crippen molar-refractivity contribution in [3.63, 3.8) is 0 Å². The van der Waals surface area contributed by atoms with E-state index in [0.717, 1.165) is 42.6 Å². The summed E-state index contributed by atoms with van der Waals surface area (Å²) in [5, 5.41) is 6.55. The SMILES string of the molecule is CCc1ccc(Cl)c(CC)c1NC(=O)NCCCn1ccnc1. The summed E-state index contributed by atoms with van der Waals surface area (Å²) >= 11 is 6.25. The highest BCUT2D eigenvalue weighted by Gasteiger charge is 2.12. The number of halogens is 1. The van der Waals surface area contributed by atoms with Crippen LogP contribution in [0.1, 0.15) is 31.4 Å². The number of anilines is 1. The predicted octanol–water partition coefficient (Wildman–Crippen LogP) is 3.87. The predicted molar refractivity (Wildman–Crippen MR) is 94.1 cm³/mol. The zero-order chi connectivity index (χ0) is 16.7. The number of hydrogen-bond acceptors (Lipinski definition) is 2. The number of urea groups is 1. The third kappa shape index (κ3) is 4.73. The van der Waals surface area contributed by atoms with Gasteiger partial charge in [-0.25, -0.2) is 9.78 Å². The van der Waals surface area contributed by atoms with E-state index in [-0.39, 0.29) is 6.03 Å². The van der Waals surface area contributed by atoms with Gasteiger partial charge < -0.3 is 15.2 Å². The molecular formula is C17H23ClN4O. The lowest BCUT2D eigenvalue weighted by Gasteiger charge is -2.16. The lowest BCUT2D eigenvalue weighted by molar-refractivity contribution is 0.251. The molecule has 6 heteroatoms. The number of nitrogens with one attached hydrogen (secondary N) is 2. The highest BCUT2D eigenvalue weighted by molar-refractivity contribution is 6.31. The van der Waals surface area contributed by atoms with Crippen LogP contribution in [0.5, 0.6) is 0 Å². The summed E-state index contributed by atoms with van der Waals surface area (Å²) in [6.07, 6.45) is 7.90. The Hall–Kier alpha value is -2.01. The summed E-state index contributed by atoms with van der Waals surface area (Å²) in [4.78, 5) is 16.1. The van der Waals surface area contributed by atoms with Crippen LogP contribution >= 0.6 is 11.6 Å². The van der Waals surface area contributed by atoms with Gasteiger partial charge in [-0.05, 0) is 36.5 Å². The van der Waals surface area contributed by atoms with Gasteiger partial charge in [0, 0.05) is 30.5 Å². The van der Waals surface area contributed by atoms with Crippen molar-refractivity contribution in [1.29, 1.82) is 0 Å². The smallest absolute Gasteiger partial charge is 0.319 e. The highest BCUT2D eigenvalue weighted by atomic mass is 35.5. The second-order valence-electron chi connectivity index (χ2n) is 5.30. The fourth-order valence-corrected chi connectivity index (χ4v) is 2.80. The van der Waals surface area contributed by atoms with Crippen molar-refractivity contribution in [1.82, 2.24) is 14.9 Å². The number of amides is 2. The summed E-state index contributed by atoms with van der Waals surface area (Å²) in [5.41, 5.74) is 2.93. The van der Waals surface area contributed by atoms with Crippen LogP contribution in [0.25, 0.3) is 0 Å². The first kappa shape index (κ1) is 17.3. The van der Waals surface area contributed by atoms with Crippen molar-refractivity contribution in [3.05, 3.63) is 47.0 Å². The molecule has 0 aliphatic carbocycles. The number of aromatic nitrogens is 2. The molecule has 0 aliphatic rings. The molecule has 5 nitrogen and oxygen atoms in total. The number of carbonyl (C=O) groups excluding carboxylic acids is 1. The van der Waals surface area contributed by atoms with E-state index < -0.39 is 0 Å². The Balaban J connectivity index is 1.90. The molecule has 0 bridgehead atoms. The van der Waals surface area contributed by atoms with Crippen LogP contribution in [0.3, 0.4) is 0 Å². The minimum Gasteiger partial charge on any atom is -0.338 e. The van der Waals surface area contributed by atoms with E-state index in [1.165, 1.54) is 0 Å². The molecule has 2 aromatic rings. The van der Waals surface area contributed by atoms with Crippen LogP contribution < -0.4 is 10.6 Å². The third-order valence-electron chi connectivity index (χ3n) is 3.75. The molecule has 2 N–H and O–H groups in total. The topological polar surface area (TPSA) is 59.0 Å². The minimum absolute atomic E-state index is 0.192. The monoisotopic (exact) mass is 334 g/mol. The van der Waals surface area contributed by atoms with E-state index in [0.29, 0.717) is 11.6 Å². The summed E-state index contributed by atoms with van der Waals surface area (Å²) < 4.78 is 1.99. The maximum Gasteiger partial charge on any atom is 0.319 e. The molecule has 1 aromatic carbocycles. The second-order valence-corrected chi connectivity index (χ2v) is 5.71. The third-order valence-corrected chi connectivity index (χ3v) is 4.11. The largest absolute Gasteiger partial charge is 0.338 e. The quantitative estimate of drug-likeness (QED) is 0.755. The Bertz CT molecular complexity index is 640. The van der Waals surface area contributed by atoms with Crippen molar-refractivity contribution < 1.29 is 4.79 Å². The van der Waals surface area contributed by atoms with Crippen LogP contribution in [0.15, 0.2) is 30.9 Å². The first-order valence-electron chi connectivity index (χ1n) is 7.96. The normalized spacial score (nSPS) is 10.6. The Morgan fingerprint density at radius 2 is 2.13 bits per heavy atom. The maximum absolute atomic E-state index is 12.1. The first-order chi connectivity index (χ1) is 11.2. The number of imidazole rings is 1. The van der Waals surface area contributed by atoms with E-state index in [1.54, 1.807) is 12.5 Å². The average molecular weight is 335 g/mol. The van der Waals surface area contributed by atoms with E-state index in [2.05, 4.69) is 22.5 Å². The summed E-state index contributed by atoms with van der Waals surface area (Å²) in [5.74, 6) is 0. The molecule has 23 heavy (non-hydrogen) atoms. The summed E-state index contributed by atoms with van der Waals surface area (Å²) in [7, 11) is 0. The lowest BCUT2D eigenvalue weighted by Crippen LogP contribution is -2.30. The molecule has 0 unspecified atom stereocenters. The molecule has 1 aromatic heterocycles. The molecular weight excluding hydrogens is 312 g/mol. The molecule has 0 radical (unpaired) electrons. The fourth-order valence-electron chi connectivity index (χ4n) is 2.51. The molecule has 0 fully saturated rings. The molecule has 0 saturated carbocycles. The Kier molecular flexibility index (Phi) is 6.47. The molecule has 0 spiro atoms. The number of rotatable bonds is 7. The first-order valence-corrected chi connectivity index (χ1v) is 8.34. The van der Waals surface area contributed by atoms with Gasteiger partial charge >= 0.3 is 6.03 Å². The van der Waals surface area contributed by atoms with Crippen molar-refractivity contribution in [2.75, 3.05) is 11.9 Å². The van der Waals surface area contributed by atoms with Crippen LogP contribution in [0.2, 0.25) is 5.02 Å². The second kappa shape index (κ2) is 8.58. The molecule has 124 valence electrons. The lowest BCUT2D eigenvalue weighted by atomic mass is 10.0. The van der Waals surface area contributed by atoms with Crippen LogP contribution in [0, 0.1) is 0 Å². The minimum atomic E-state index is -0.192. The van der Waals surface area contributed by atoms with E-state index in [4.69, 9.17) is 11.6 Å². The van der Waals surface area contributed by atoms with Gasteiger partial charge in [0.1, 0.15) is 0 Å². The van der Waals surface area contributed by atoms with Gasteiger partial charge in [0.15, 0.2) is 0 Å². The Morgan fingerprint density at radius 3 is 2.78 bits per heavy atom. The number of carbonyl (C=O) groups is 1. The van der Waals surface area contributed by atoms with Crippen LogP contribution in [0.4, 0.5) is 10.5 Å². The van der Waals surface area contributed by atoms with Gasteiger partial charge in [-0.15, -0.1) is 0 Å². The average Bonchev–Trinajstić information content (AvgIpc) is 3.05. The van der Waals surface area contributed by atoms with Crippen LogP contribution in [-0.2, 0) is 19.4 Å². The molecule has 1 heterocycles. The van der Waals surface area contributed by atoms with E-state index in [1.807, 2.05) is 29.8 Å². The van der Waals surface area contributed by atoms with Crippen molar-refractivity contribution >= 4 is 23.3 Å². The van der Waals surface area contributed by atoms with Gasteiger partial charge in [0.05, 0.1) is 12.0 Å². The van der Waals surface area contributed by atoms with Crippen LogP contribution in [-0.4, -0.2) is 22.1 Å². The van der Waals surface area contributed by atoms with E-state index in [9.17, 15) is 4.79 Å². The van der Waals surface area contributed by atoms with Crippen molar-refractivity contribution in [2.24, 2.45) is 0 Å². The van der Waals surface area contributed by atoms with Gasteiger partial charge in [0.2, 0.25) is 0 Å². The molecule has 0 saturated heterocycles. The fraction of sp³-hybridized carbons (Fsp3) is 0.412. The number of hydrogen-bond donors (Lipinski definition) is 2. The number of benzene rings is 1. The van der Waals surface area contributed by atoms with Gasteiger partial charge in [0.25, 0.3) is 0 Å². The molecule has 2 rings (SSSR count). The van der Waals surface area contributed by atoms with Gasteiger partial charge in [-0.3, -0.25) is 0 Å². The summed E-state index contributed by atoms with van der Waals surface area (Å²) in [6.45, 7) is 5.54. The molecule has 0 aliphatic heterocycles. The Labute approximate surface area is 142 Å². The van der Waals surface area contributed by atoms with Gasteiger partial charge in [-0.2, -0.15) is 0 Å². The number of aryl methyl sites for hydroxylation is 2. The zero-order valence-electron chi connectivity index (χ0n) is 13.6. The zero-order valence-corrected chi connectivity index (χ0v) is 14.4. The molecule has 0 atom stereocenters. The Morgan fingerprint density at radius 1 is 1.30 bits per heavy atom. The van der Waals surface area contributed by atoms with Crippen molar-refractivity contribution in [3.8, 4) is 0 Å².